The summed E-state index contributed by atoms with van der Waals surface area (Å²) in [6, 6.07) is 20.2. The molecule has 0 unspecified atom stereocenters. The number of hydrogen-bond donors (Lipinski definition) is 0. The number of Topliss-reactive ketones (excluding diaryl/α,β-unsaturated/α-hetero) is 1. The predicted octanol–water partition coefficient (Wildman–Crippen LogP) is 5.43. The highest BCUT2D eigenvalue weighted by Crippen LogP contribution is 2.28. The van der Waals surface area contributed by atoms with Gasteiger partial charge in [0.25, 0.3) is 5.56 Å². The molecule has 0 bridgehead atoms. The van der Waals surface area contributed by atoms with Gasteiger partial charge in [0.05, 0.1) is 42.3 Å². The Morgan fingerprint density at radius 3 is 2.61 bits per heavy atom. The van der Waals surface area contributed by atoms with Crippen molar-refractivity contribution in [2.24, 2.45) is 0 Å². The Balaban J connectivity index is 1.50. The Morgan fingerprint density at radius 1 is 1.06 bits per heavy atom. The van der Waals surface area contributed by atoms with Crippen LogP contribution < -0.4 is 10.3 Å². The number of thioether (sulfide) groups is 1. The summed E-state index contributed by atoms with van der Waals surface area (Å²) in [6.45, 7) is 4.47. The van der Waals surface area contributed by atoms with Gasteiger partial charge in [-0.15, -0.1) is 0 Å². The van der Waals surface area contributed by atoms with Crippen LogP contribution >= 0.6 is 11.8 Å². The minimum absolute atomic E-state index is 0.0345. The van der Waals surface area contributed by atoms with E-state index in [1.807, 2.05) is 62.4 Å². The number of ether oxygens (including phenoxy) is 1. The molecule has 0 fully saturated rings. The molecule has 5 rings (SSSR count). The van der Waals surface area contributed by atoms with Crippen molar-refractivity contribution < 1.29 is 13.9 Å². The summed E-state index contributed by atoms with van der Waals surface area (Å²) in [7, 11) is 1.56. The second-order valence-corrected chi connectivity index (χ2v) is 9.33. The number of benzene rings is 2. The van der Waals surface area contributed by atoms with Crippen molar-refractivity contribution in [2.75, 3.05) is 12.9 Å². The highest BCUT2D eigenvalue weighted by molar-refractivity contribution is 7.99. The molecular formula is C28H25N3O4S. The number of hydrogen-bond acceptors (Lipinski definition) is 6. The maximum atomic E-state index is 13.5. The number of furan rings is 1. The van der Waals surface area contributed by atoms with Crippen LogP contribution in [0.3, 0.4) is 0 Å². The van der Waals surface area contributed by atoms with Gasteiger partial charge in [-0.25, -0.2) is 4.98 Å². The standard InChI is InChI=1S/C28H25N3O4S/c1-18-15-22(19(2)30(18)16-20-9-8-14-35-20)25(32)17-36-28-29-23-11-5-4-10-21(23)27(33)31(28)24-12-6-7-13-26(24)34-3/h4-15H,16-17H2,1-3H3. The summed E-state index contributed by atoms with van der Waals surface area (Å²) in [5.74, 6) is 1.47. The third-order valence-electron chi connectivity index (χ3n) is 6.17. The fraction of sp³-hybridized carbons (Fsp3) is 0.179. The van der Waals surface area contributed by atoms with Crippen molar-refractivity contribution in [2.45, 2.75) is 25.5 Å². The van der Waals surface area contributed by atoms with Gasteiger partial charge in [-0.1, -0.05) is 36.0 Å². The maximum absolute atomic E-state index is 13.5. The lowest BCUT2D eigenvalue weighted by atomic mass is 10.2. The Bertz CT molecular complexity index is 1620. The van der Waals surface area contributed by atoms with Crippen LogP contribution in [-0.2, 0) is 6.54 Å². The molecule has 7 nitrogen and oxygen atoms in total. The van der Waals surface area contributed by atoms with E-state index in [1.165, 1.54) is 16.3 Å². The van der Waals surface area contributed by atoms with E-state index >= 15 is 0 Å². The Hall–Kier alpha value is -4.04. The molecule has 0 amide bonds. The summed E-state index contributed by atoms with van der Waals surface area (Å²) in [4.78, 5) is 31.6. The van der Waals surface area contributed by atoms with Gasteiger partial charge in [0.1, 0.15) is 11.5 Å². The Morgan fingerprint density at radius 2 is 1.83 bits per heavy atom. The highest BCUT2D eigenvalue weighted by Gasteiger charge is 2.20. The van der Waals surface area contributed by atoms with Crippen LogP contribution in [0.25, 0.3) is 16.6 Å². The molecule has 0 aliphatic rings. The molecule has 8 heteroatoms. The first kappa shape index (κ1) is 23.7. The highest BCUT2D eigenvalue weighted by atomic mass is 32.2. The first-order chi connectivity index (χ1) is 17.5. The van der Waals surface area contributed by atoms with Crippen molar-refractivity contribution in [3.05, 3.63) is 106 Å². The normalized spacial score (nSPS) is 11.2. The van der Waals surface area contributed by atoms with Crippen molar-refractivity contribution >= 4 is 28.4 Å². The summed E-state index contributed by atoms with van der Waals surface area (Å²) >= 11 is 1.24. The minimum atomic E-state index is -0.211. The first-order valence-electron chi connectivity index (χ1n) is 11.5. The fourth-order valence-corrected chi connectivity index (χ4v) is 5.22. The van der Waals surface area contributed by atoms with Crippen molar-refractivity contribution in [1.29, 1.82) is 0 Å². The summed E-state index contributed by atoms with van der Waals surface area (Å²) in [6.07, 6.45) is 1.64. The van der Waals surface area contributed by atoms with Gasteiger partial charge in [-0.2, -0.15) is 0 Å². The van der Waals surface area contributed by atoms with Gasteiger partial charge in [-0.05, 0) is 56.3 Å². The van der Waals surface area contributed by atoms with E-state index in [4.69, 9.17) is 14.1 Å². The quantitative estimate of drug-likeness (QED) is 0.161. The van der Waals surface area contributed by atoms with Crippen molar-refractivity contribution in [3.8, 4) is 11.4 Å². The monoisotopic (exact) mass is 499 g/mol. The fourth-order valence-electron chi connectivity index (χ4n) is 4.33. The van der Waals surface area contributed by atoms with E-state index in [-0.39, 0.29) is 17.1 Å². The van der Waals surface area contributed by atoms with E-state index < -0.39 is 0 Å². The predicted molar refractivity (Wildman–Crippen MR) is 141 cm³/mol. The lowest BCUT2D eigenvalue weighted by Gasteiger charge is -2.15. The van der Waals surface area contributed by atoms with E-state index in [2.05, 4.69) is 4.57 Å². The van der Waals surface area contributed by atoms with Crippen molar-refractivity contribution in [3.63, 3.8) is 0 Å². The van der Waals surface area contributed by atoms with E-state index in [0.29, 0.717) is 39.6 Å². The third kappa shape index (κ3) is 4.35. The lowest BCUT2D eigenvalue weighted by Crippen LogP contribution is -2.22. The molecule has 0 aliphatic heterocycles. The zero-order chi connectivity index (χ0) is 25.2. The molecule has 0 radical (unpaired) electrons. The average molecular weight is 500 g/mol. The number of ketones is 1. The maximum Gasteiger partial charge on any atom is 0.266 e. The van der Waals surface area contributed by atoms with Gasteiger partial charge in [0.15, 0.2) is 10.9 Å². The molecule has 0 spiro atoms. The number of fused-ring (bicyclic) bond motifs is 1. The molecule has 5 aromatic rings. The second-order valence-electron chi connectivity index (χ2n) is 8.39. The molecule has 0 aliphatic carbocycles. The van der Waals surface area contributed by atoms with Crippen LogP contribution in [0.5, 0.6) is 5.75 Å². The van der Waals surface area contributed by atoms with E-state index in [0.717, 1.165) is 17.1 Å². The number of carbonyl (C=O) groups is 1. The summed E-state index contributed by atoms with van der Waals surface area (Å²) < 4.78 is 14.6. The molecule has 3 aromatic heterocycles. The summed E-state index contributed by atoms with van der Waals surface area (Å²) in [5, 5.41) is 0.932. The third-order valence-corrected chi connectivity index (χ3v) is 7.11. The number of carbonyl (C=O) groups excluding carboxylic acids is 1. The molecule has 2 aromatic carbocycles. The Labute approximate surface area is 212 Å². The number of para-hydroxylation sites is 3. The van der Waals surface area contributed by atoms with Gasteiger partial charge in [-0.3, -0.25) is 14.2 Å². The first-order valence-corrected chi connectivity index (χ1v) is 12.5. The largest absolute Gasteiger partial charge is 0.495 e. The second kappa shape index (κ2) is 9.91. The Kier molecular flexibility index (Phi) is 6.52. The average Bonchev–Trinajstić information content (AvgIpc) is 3.51. The molecule has 182 valence electrons. The van der Waals surface area contributed by atoms with Crippen LogP contribution in [0, 0.1) is 13.8 Å². The van der Waals surface area contributed by atoms with Gasteiger partial charge < -0.3 is 13.7 Å². The molecule has 0 N–H and O–H groups in total. The molecule has 36 heavy (non-hydrogen) atoms. The molecule has 3 heterocycles. The molecule has 0 saturated heterocycles. The number of nitrogens with zero attached hydrogens (tertiary/aromatic N) is 3. The smallest absolute Gasteiger partial charge is 0.266 e. The minimum Gasteiger partial charge on any atom is -0.495 e. The zero-order valence-corrected chi connectivity index (χ0v) is 21.0. The zero-order valence-electron chi connectivity index (χ0n) is 20.2. The van der Waals surface area contributed by atoms with Crippen LogP contribution in [0.15, 0.2) is 87.4 Å². The molecule has 0 atom stereocenters. The van der Waals surface area contributed by atoms with E-state index in [1.54, 1.807) is 31.6 Å². The topological polar surface area (TPSA) is 79.3 Å². The van der Waals surface area contributed by atoms with Gasteiger partial charge in [0.2, 0.25) is 0 Å². The molecular weight excluding hydrogens is 474 g/mol. The number of rotatable bonds is 8. The molecule has 0 saturated carbocycles. The number of aryl methyl sites for hydroxylation is 1. The number of methoxy groups -OCH3 is 1. The van der Waals surface area contributed by atoms with Crippen LogP contribution in [0.2, 0.25) is 0 Å². The van der Waals surface area contributed by atoms with Crippen LogP contribution in [-0.4, -0.2) is 32.8 Å². The van der Waals surface area contributed by atoms with Gasteiger partial charge in [0, 0.05) is 17.0 Å². The van der Waals surface area contributed by atoms with Crippen LogP contribution in [0.1, 0.15) is 27.5 Å². The van der Waals surface area contributed by atoms with Crippen molar-refractivity contribution in [1.82, 2.24) is 14.1 Å². The van der Waals surface area contributed by atoms with Gasteiger partial charge >= 0.3 is 0 Å². The summed E-state index contributed by atoms with van der Waals surface area (Å²) in [5.41, 5.74) is 3.46. The number of aromatic nitrogens is 3. The SMILES string of the molecule is COc1ccccc1-n1c(SCC(=O)c2cc(C)n(Cc3ccco3)c2C)nc2ccccc2c1=O. The van der Waals surface area contributed by atoms with Crippen LogP contribution in [0.4, 0.5) is 0 Å². The van der Waals surface area contributed by atoms with E-state index in [9.17, 15) is 9.59 Å². The lowest BCUT2D eigenvalue weighted by molar-refractivity contribution is 0.102.